The number of rotatable bonds is 1. The molecule has 0 aliphatic heterocycles. The Hall–Kier alpha value is -2.16. The zero-order chi connectivity index (χ0) is 11.8. The van der Waals surface area contributed by atoms with Crippen LogP contribution < -0.4 is 0 Å². The molecular weight excluding hydrogens is 212 g/mol. The monoisotopic (exact) mass is 224 g/mol. The van der Waals surface area contributed by atoms with Gasteiger partial charge in [0.2, 0.25) is 11.7 Å². The van der Waals surface area contributed by atoms with E-state index in [0.29, 0.717) is 11.7 Å². The summed E-state index contributed by atoms with van der Waals surface area (Å²) in [5, 5.41) is 6.32. The molecule has 3 heteroatoms. The number of benzene rings is 2. The third-order valence-corrected chi connectivity index (χ3v) is 2.80. The van der Waals surface area contributed by atoms with Crippen LogP contribution in [0.2, 0.25) is 0 Å². The van der Waals surface area contributed by atoms with Crippen LogP contribution in [-0.4, -0.2) is 10.1 Å². The molecular formula is C14H12N2O. The summed E-state index contributed by atoms with van der Waals surface area (Å²) in [5.74, 6) is 1.24. The Balaban J connectivity index is 2.30. The number of aromatic nitrogens is 2. The van der Waals surface area contributed by atoms with E-state index in [0.717, 1.165) is 10.9 Å². The Kier molecular flexibility index (Phi) is 2.18. The lowest BCUT2D eigenvalue weighted by Crippen LogP contribution is -1.84. The summed E-state index contributed by atoms with van der Waals surface area (Å²) in [4.78, 5) is 4.28. The molecule has 0 radical (unpaired) electrons. The molecule has 0 aliphatic carbocycles. The van der Waals surface area contributed by atoms with Crippen molar-refractivity contribution in [1.29, 1.82) is 0 Å². The lowest BCUT2D eigenvalue weighted by molar-refractivity contribution is 0.394. The standard InChI is InChI=1S/C14H12N2O/c1-9-6-7-12-11(8-9)4-3-5-13(12)14-15-10(2)17-16-14/h3-8H,1-2H3. The molecule has 0 atom stereocenters. The molecule has 3 nitrogen and oxygen atoms in total. The molecule has 1 aromatic heterocycles. The van der Waals surface area contributed by atoms with E-state index in [4.69, 9.17) is 4.52 Å². The Morgan fingerprint density at radius 3 is 2.71 bits per heavy atom. The molecule has 0 saturated heterocycles. The van der Waals surface area contributed by atoms with Crippen LogP contribution in [0.5, 0.6) is 0 Å². The van der Waals surface area contributed by atoms with Gasteiger partial charge in [-0.2, -0.15) is 4.98 Å². The second-order valence-electron chi connectivity index (χ2n) is 4.17. The maximum Gasteiger partial charge on any atom is 0.223 e. The summed E-state index contributed by atoms with van der Waals surface area (Å²) in [5.41, 5.74) is 2.26. The van der Waals surface area contributed by atoms with Crippen LogP contribution in [0.15, 0.2) is 40.9 Å². The molecule has 2 aromatic carbocycles. The second-order valence-corrected chi connectivity index (χ2v) is 4.17. The Labute approximate surface area is 99.1 Å². The average molecular weight is 224 g/mol. The van der Waals surface area contributed by atoms with E-state index in [1.54, 1.807) is 6.92 Å². The molecule has 0 bridgehead atoms. The van der Waals surface area contributed by atoms with Crippen LogP contribution in [0.3, 0.4) is 0 Å². The molecule has 0 unspecified atom stereocenters. The first kappa shape index (κ1) is 10.0. The third-order valence-electron chi connectivity index (χ3n) is 2.80. The quantitative estimate of drug-likeness (QED) is 0.635. The summed E-state index contributed by atoms with van der Waals surface area (Å²) in [6.07, 6.45) is 0. The molecule has 0 aliphatic rings. The maximum atomic E-state index is 5.03. The molecule has 3 rings (SSSR count). The first-order valence-electron chi connectivity index (χ1n) is 5.54. The predicted octanol–water partition coefficient (Wildman–Crippen LogP) is 3.51. The Morgan fingerprint density at radius 2 is 1.94 bits per heavy atom. The van der Waals surface area contributed by atoms with Gasteiger partial charge in [-0.1, -0.05) is 47.1 Å². The fraction of sp³-hybridized carbons (Fsp3) is 0.143. The van der Waals surface area contributed by atoms with Gasteiger partial charge in [-0.25, -0.2) is 0 Å². The lowest BCUT2D eigenvalue weighted by atomic mass is 10.0. The summed E-state index contributed by atoms with van der Waals surface area (Å²) in [7, 11) is 0. The van der Waals surface area contributed by atoms with Crippen molar-refractivity contribution in [2.75, 3.05) is 0 Å². The molecule has 0 saturated carbocycles. The van der Waals surface area contributed by atoms with E-state index >= 15 is 0 Å². The van der Waals surface area contributed by atoms with Gasteiger partial charge in [-0.15, -0.1) is 0 Å². The molecule has 17 heavy (non-hydrogen) atoms. The van der Waals surface area contributed by atoms with Gasteiger partial charge in [0.05, 0.1) is 0 Å². The minimum Gasteiger partial charge on any atom is -0.339 e. The van der Waals surface area contributed by atoms with Crippen LogP contribution >= 0.6 is 0 Å². The zero-order valence-electron chi connectivity index (χ0n) is 9.77. The van der Waals surface area contributed by atoms with Crippen molar-refractivity contribution in [3.8, 4) is 11.4 Å². The largest absolute Gasteiger partial charge is 0.339 e. The third kappa shape index (κ3) is 1.69. The first-order valence-corrected chi connectivity index (χ1v) is 5.54. The Morgan fingerprint density at radius 1 is 1.06 bits per heavy atom. The normalized spacial score (nSPS) is 10.9. The van der Waals surface area contributed by atoms with Crippen LogP contribution in [0.25, 0.3) is 22.2 Å². The van der Waals surface area contributed by atoms with Crippen LogP contribution in [0.1, 0.15) is 11.5 Å². The maximum absolute atomic E-state index is 5.03. The first-order chi connectivity index (χ1) is 8.24. The minimum absolute atomic E-state index is 0.587. The highest BCUT2D eigenvalue weighted by Gasteiger charge is 2.09. The van der Waals surface area contributed by atoms with Crippen molar-refractivity contribution >= 4 is 10.8 Å². The highest BCUT2D eigenvalue weighted by molar-refractivity contribution is 5.95. The van der Waals surface area contributed by atoms with Gasteiger partial charge >= 0.3 is 0 Å². The topological polar surface area (TPSA) is 38.9 Å². The highest BCUT2D eigenvalue weighted by atomic mass is 16.5. The van der Waals surface area contributed by atoms with Gasteiger partial charge in [0, 0.05) is 12.5 Å². The van der Waals surface area contributed by atoms with E-state index in [2.05, 4.69) is 41.3 Å². The second kappa shape index (κ2) is 3.70. The van der Waals surface area contributed by atoms with Gasteiger partial charge in [0.1, 0.15) is 0 Å². The number of fused-ring (bicyclic) bond motifs is 1. The van der Waals surface area contributed by atoms with Crippen molar-refractivity contribution in [3.63, 3.8) is 0 Å². The number of hydrogen-bond acceptors (Lipinski definition) is 3. The van der Waals surface area contributed by atoms with Gasteiger partial charge in [-0.05, 0) is 17.7 Å². The SMILES string of the molecule is Cc1ccc2c(-c3noc(C)n3)cccc2c1. The van der Waals surface area contributed by atoms with E-state index in [9.17, 15) is 0 Å². The van der Waals surface area contributed by atoms with Crippen molar-refractivity contribution in [1.82, 2.24) is 10.1 Å². The van der Waals surface area contributed by atoms with Crippen molar-refractivity contribution in [2.24, 2.45) is 0 Å². The van der Waals surface area contributed by atoms with Gasteiger partial charge in [0.25, 0.3) is 0 Å². The summed E-state index contributed by atoms with van der Waals surface area (Å²) in [6, 6.07) is 12.5. The fourth-order valence-electron chi connectivity index (χ4n) is 2.01. The lowest BCUT2D eigenvalue weighted by Gasteiger charge is -2.03. The van der Waals surface area contributed by atoms with Gasteiger partial charge in [0.15, 0.2) is 0 Å². The molecule has 0 amide bonds. The molecule has 1 heterocycles. The summed E-state index contributed by atoms with van der Waals surface area (Å²) in [6.45, 7) is 3.89. The molecule has 0 N–H and O–H groups in total. The number of nitrogens with zero attached hydrogens (tertiary/aromatic N) is 2. The van der Waals surface area contributed by atoms with E-state index in [-0.39, 0.29) is 0 Å². The van der Waals surface area contributed by atoms with Crippen molar-refractivity contribution in [3.05, 3.63) is 47.9 Å². The molecule has 84 valence electrons. The molecule has 0 spiro atoms. The van der Waals surface area contributed by atoms with Gasteiger partial charge < -0.3 is 4.52 Å². The average Bonchev–Trinajstić information content (AvgIpc) is 2.74. The zero-order valence-corrected chi connectivity index (χ0v) is 9.77. The van der Waals surface area contributed by atoms with E-state index < -0.39 is 0 Å². The summed E-state index contributed by atoms with van der Waals surface area (Å²) < 4.78 is 5.03. The van der Waals surface area contributed by atoms with E-state index in [1.807, 2.05) is 12.1 Å². The smallest absolute Gasteiger partial charge is 0.223 e. The molecule has 3 aromatic rings. The Bertz CT molecular complexity index is 686. The van der Waals surface area contributed by atoms with Crippen LogP contribution in [0.4, 0.5) is 0 Å². The van der Waals surface area contributed by atoms with E-state index in [1.165, 1.54) is 10.9 Å². The highest BCUT2D eigenvalue weighted by Crippen LogP contribution is 2.27. The number of aryl methyl sites for hydroxylation is 2. The summed E-state index contributed by atoms with van der Waals surface area (Å²) >= 11 is 0. The minimum atomic E-state index is 0.587. The van der Waals surface area contributed by atoms with Crippen LogP contribution in [0, 0.1) is 13.8 Å². The van der Waals surface area contributed by atoms with Crippen molar-refractivity contribution in [2.45, 2.75) is 13.8 Å². The molecule has 0 fully saturated rings. The number of hydrogen-bond donors (Lipinski definition) is 0. The fourth-order valence-corrected chi connectivity index (χ4v) is 2.01. The van der Waals surface area contributed by atoms with Crippen LogP contribution in [-0.2, 0) is 0 Å². The van der Waals surface area contributed by atoms with Crippen molar-refractivity contribution < 1.29 is 4.52 Å². The van der Waals surface area contributed by atoms with Gasteiger partial charge in [-0.3, -0.25) is 0 Å². The predicted molar refractivity (Wildman–Crippen MR) is 66.7 cm³/mol.